The van der Waals surface area contributed by atoms with E-state index in [1.807, 2.05) is 0 Å². The SMILES string of the molecule is CCCCCCCCCCCCCCCCCCCCCCCCC(=O)O[C@H](COC(=O)CCCCCCCCCCCCCCCCCCC(C)C)COP(=O)(O)OC[C@@H](O)COP(=O)(O)OC[C@@H](COC(=O)CCCCCCCCC)OC(=O)CCCCCCCCCCCCCCC(C)C. The number of unbranched alkanes of at least 4 members (excludes halogenated alkanes) is 53. The van der Waals surface area contributed by atoms with Crippen molar-refractivity contribution in [3.63, 3.8) is 0 Å². The topological polar surface area (TPSA) is 237 Å². The van der Waals surface area contributed by atoms with E-state index in [-0.39, 0.29) is 25.7 Å². The fraction of sp³-hybridized carbons (Fsp3) is 0.952. The first-order valence-electron chi connectivity index (χ1n) is 43.5. The van der Waals surface area contributed by atoms with Crippen molar-refractivity contribution in [1.29, 1.82) is 0 Å². The van der Waals surface area contributed by atoms with E-state index in [0.717, 1.165) is 115 Å². The second-order valence-electron chi connectivity index (χ2n) is 31.2. The number of aliphatic hydroxyl groups is 1. The number of esters is 4. The van der Waals surface area contributed by atoms with Gasteiger partial charge in [-0.15, -0.1) is 0 Å². The predicted molar refractivity (Wildman–Crippen MR) is 423 cm³/mol. The molecule has 17 nitrogen and oxygen atoms in total. The van der Waals surface area contributed by atoms with Crippen LogP contribution in [0.5, 0.6) is 0 Å². The molecule has 0 aromatic heterocycles. The Morgan fingerprint density at radius 2 is 0.447 bits per heavy atom. The molecule has 0 heterocycles. The molecular formula is C84H164O17P2. The third-order valence-electron chi connectivity index (χ3n) is 19.7. The maximum Gasteiger partial charge on any atom is 0.472 e. The number of hydrogen-bond acceptors (Lipinski definition) is 15. The average Bonchev–Trinajstić information content (AvgIpc) is 1.04. The smallest absolute Gasteiger partial charge is 0.462 e. The van der Waals surface area contributed by atoms with Gasteiger partial charge in [-0.1, -0.05) is 395 Å². The van der Waals surface area contributed by atoms with E-state index in [9.17, 15) is 43.2 Å². The molecule has 103 heavy (non-hydrogen) atoms. The quantitative estimate of drug-likeness (QED) is 0.0222. The number of ether oxygens (including phenoxy) is 4. The Morgan fingerprint density at radius 3 is 0.660 bits per heavy atom. The van der Waals surface area contributed by atoms with Gasteiger partial charge in [0.25, 0.3) is 0 Å². The van der Waals surface area contributed by atoms with E-state index in [0.29, 0.717) is 25.7 Å². The van der Waals surface area contributed by atoms with Crippen molar-refractivity contribution in [2.75, 3.05) is 39.6 Å². The molecule has 0 aliphatic carbocycles. The Balaban J connectivity index is 5.16. The highest BCUT2D eigenvalue weighted by Gasteiger charge is 2.30. The summed E-state index contributed by atoms with van der Waals surface area (Å²) >= 11 is 0. The van der Waals surface area contributed by atoms with Crippen molar-refractivity contribution in [2.24, 2.45) is 11.8 Å². The first-order valence-corrected chi connectivity index (χ1v) is 46.5. The molecule has 0 bridgehead atoms. The number of carbonyl (C=O) groups is 4. The monoisotopic (exact) mass is 1510 g/mol. The molecule has 612 valence electrons. The molecule has 0 rings (SSSR count). The molecule has 2 unspecified atom stereocenters. The van der Waals surface area contributed by atoms with Gasteiger partial charge in [0.05, 0.1) is 26.4 Å². The van der Waals surface area contributed by atoms with Crippen LogP contribution in [0.1, 0.15) is 446 Å². The fourth-order valence-corrected chi connectivity index (χ4v) is 14.6. The number of phosphoric ester groups is 2. The summed E-state index contributed by atoms with van der Waals surface area (Å²) in [5.74, 6) is -0.521. The second kappa shape index (κ2) is 75.5. The second-order valence-corrected chi connectivity index (χ2v) is 34.1. The largest absolute Gasteiger partial charge is 0.472 e. The Bertz CT molecular complexity index is 1980. The van der Waals surface area contributed by atoms with Gasteiger partial charge in [-0.3, -0.25) is 37.3 Å². The summed E-state index contributed by atoms with van der Waals surface area (Å²) in [6.45, 7) is 9.65. The van der Waals surface area contributed by atoms with Gasteiger partial charge in [-0.2, -0.15) is 0 Å². The lowest BCUT2D eigenvalue weighted by molar-refractivity contribution is -0.161. The number of rotatable bonds is 83. The maximum absolute atomic E-state index is 13.1. The third-order valence-corrected chi connectivity index (χ3v) is 21.6. The van der Waals surface area contributed by atoms with Crippen molar-refractivity contribution >= 4 is 39.5 Å². The van der Waals surface area contributed by atoms with Crippen LogP contribution in [-0.4, -0.2) is 96.7 Å². The van der Waals surface area contributed by atoms with Crippen LogP contribution in [0.4, 0.5) is 0 Å². The number of hydrogen-bond donors (Lipinski definition) is 3. The highest BCUT2D eigenvalue weighted by molar-refractivity contribution is 7.47. The normalized spacial score (nSPS) is 13.9. The van der Waals surface area contributed by atoms with Crippen molar-refractivity contribution in [3.8, 4) is 0 Å². The van der Waals surface area contributed by atoms with E-state index < -0.39 is 97.5 Å². The first-order chi connectivity index (χ1) is 49.9. The molecule has 0 fully saturated rings. The lowest BCUT2D eigenvalue weighted by atomic mass is 10.0. The summed E-state index contributed by atoms with van der Waals surface area (Å²) in [5.41, 5.74) is 0. The lowest BCUT2D eigenvalue weighted by Crippen LogP contribution is -2.30. The third kappa shape index (κ3) is 78.0. The highest BCUT2D eigenvalue weighted by atomic mass is 31.2. The molecular weight excluding hydrogens is 1340 g/mol. The zero-order valence-electron chi connectivity index (χ0n) is 67.6. The van der Waals surface area contributed by atoms with Crippen LogP contribution < -0.4 is 0 Å². The van der Waals surface area contributed by atoms with Crippen molar-refractivity contribution < 1.29 is 80.2 Å². The van der Waals surface area contributed by atoms with Gasteiger partial charge in [0.2, 0.25) is 0 Å². The van der Waals surface area contributed by atoms with Crippen LogP contribution in [0.15, 0.2) is 0 Å². The fourth-order valence-electron chi connectivity index (χ4n) is 13.1. The summed E-state index contributed by atoms with van der Waals surface area (Å²) in [6, 6.07) is 0. The van der Waals surface area contributed by atoms with Gasteiger partial charge in [0.1, 0.15) is 19.3 Å². The summed E-state index contributed by atoms with van der Waals surface area (Å²) in [4.78, 5) is 73.0. The van der Waals surface area contributed by atoms with E-state index in [2.05, 4.69) is 41.5 Å². The zero-order chi connectivity index (χ0) is 75.6. The lowest BCUT2D eigenvalue weighted by Gasteiger charge is -2.21. The van der Waals surface area contributed by atoms with Crippen molar-refractivity contribution in [2.45, 2.75) is 464 Å². The van der Waals surface area contributed by atoms with Gasteiger partial charge in [0, 0.05) is 25.7 Å². The van der Waals surface area contributed by atoms with Crippen LogP contribution in [0.3, 0.4) is 0 Å². The molecule has 0 aromatic rings. The molecule has 0 saturated heterocycles. The zero-order valence-corrected chi connectivity index (χ0v) is 69.4. The van der Waals surface area contributed by atoms with Crippen LogP contribution in [0.25, 0.3) is 0 Å². The highest BCUT2D eigenvalue weighted by Crippen LogP contribution is 2.45. The molecule has 0 saturated carbocycles. The molecule has 0 aliphatic rings. The molecule has 0 aliphatic heterocycles. The minimum atomic E-state index is -4.96. The summed E-state index contributed by atoms with van der Waals surface area (Å²) in [6.07, 6.45) is 66.9. The first kappa shape index (κ1) is 101. The molecule has 19 heteroatoms. The Kier molecular flexibility index (Phi) is 74.1. The Morgan fingerprint density at radius 1 is 0.262 bits per heavy atom. The van der Waals surface area contributed by atoms with Crippen molar-refractivity contribution in [1.82, 2.24) is 0 Å². The van der Waals surface area contributed by atoms with E-state index in [1.165, 1.54) is 250 Å². The number of carbonyl (C=O) groups excluding carboxylic acids is 4. The molecule has 5 atom stereocenters. The van der Waals surface area contributed by atoms with Gasteiger partial charge in [0.15, 0.2) is 12.2 Å². The van der Waals surface area contributed by atoms with Crippen molar-refractivity contribution in [3.05, 3.63) is 0 Å². The van der Waals surface area contributed by atoms with Crippen LogP contribution in [-0.2, 0) is 65.4 Å². The van der Waals surface area contributed by atoms with E-state index in [1.54, 1.807) is 0 Å². The molecule has 3 N–H and O–H groups in total. The van der Waals surface area contributed by atoms with Gasteiger partial charge < -0.3 is 33.8 Å². The van der Waals surface area contributed by atoms with Gasteiger partial charge >= 0.3 is 39.5 Å². The Labute approximate surface area is 632 Å². The molecule has 0 aromatic carbocycles. The molecule has 0 radical (unpaired) electrons. The summed E-state index contributed by atoms with van der Waals surface area (Å²) in [5, 5.41) is 10.6. The molecule has 0 amide bonds. The van der Waals surface area contributed by atoms with Crippen LogP contribution >= 0.6 is 15.6 Å². The predicted octanol–water partition coefficient (Wildman–Crippen LogP) is 25.5. The minimum Gasteiger partial charge on any atom is -0.462 e. The maximum atomic E-state index is 13.1. The Hall–Kier alpha value is -1.94. The molecule has 0 spiro atoms. The number of aliphatic hydroxyl groups excluding tert-OH is 1. The van der Waals surface area contributed by atoms with Gasteiger partial charge in [-0.05, 0) is 37.5 Å². The van der Waals surface area contributed by atoms with E-state index in [4.69, 9.17) is 37.0 Å². The summed E-state index contributed by atoms with van der Waals surface area (Å²) < 4.78 is 68.7. The average molecular weight is 1510 g/mol. The standard InChI is InChI=1S/C84H164O17P2/c1-7-9-11-13-15-16-17-18-19-20-21-22-23-24-25-30-33-39-44-50-56-62-68-84(89)101-80(73-95-82(87)67-61-55-49-43-38-32-29-27-26-28-31-36-41-47-52-58-64-76(3)4)75-99-103(92,93)97-71-78(85)70-96-102(90,91)98-74-79(72-94-81(86)66-60-54-46-14-12-10-8-2)100-83(88)69-63-57-51-45-40-35-34-37-42-48-53-59-65-77(5)6/h76-80,85H,7-75H2,1-6H3,(H,90,91)(H,92,93)/t78-,79+,80+/m0/s1. The van der Waals surface area contributed by atoms with Crippen LogP contribution in [0, 0.1) is 11.8 Å². The number of phosphoric acid groups is 2. The van der Waals surface area contributed by atoms with E-state index >= 15 is 0 Å². The van der Waals surface area contributed by atoms with Gasteiger partial charge in [-0.25, -0.2) is 9.13 Å². The summed E-state index contributed by atoms with van der Waals surface area (Å²) in [7, 11) is -9.92. The minimum absolute atomic E-state index is 0.107. The van der Waals surface area contributed by atoms with Crippen LogP contribution in [0.2, 0.25) is 0 Å².